The molecule has 4 nitrogen and oxygen atoms in total. The molecule has 1 aromatic rings. The highest BCUT2D eigenvalue weighted by molar-refractivity contribution is 7.53. The van der Waals surface area contributed by atoms with Crippen molar-refractivity contribution >= 4 is 25.0 Å². The number of benzene rings is 1. The molecule has 1 N–H and O–H groups in total. The van der Waals surface area contributed by atoms with Crippen LogP contribution in [0.1, 0.15) is 31.7 Å². The minimum absolute atomic E-state index is 0.120. The van der Waals surface area contributed by atoms with E-state index in [1.807, 2.05) is 12.1 Å². The van der Waals surface area contributed by atoms with Gasteiger partial charge in [-0.1, -0.05) is 30.2 Å². The van der Waals surface area contributed by atoms with Crippen LogP contribution in [0.5, 0.6) is 0 Å². The van der Waals surface area contributed by atoms with Crippen LogP contribution in [0, 0.1) is 0 Å². The summed E-state index contributed by atoms with van der Waals surface area (Å²) >= 11 is 5.86. The zero-order chi connectivity index (χ0) is 14.8. The van der Waals surface area contributed by atoms with Crippen molar-refractivity contribution in [2.75, 3.05) is 12.8 Å². The fourth-order valence-electron chi connectivity index (χ4n) is 2.61. The van der Waals surface area contributed by atoms with Crippen molar-refractivity contribution < 1.29 is 18.8 Å². The monoisotopic (exact) mass is 316 g/mol. The predicted octanol–water partition coefficient (Wildman–Crippen LogP) is 3.55. The van der Waals surface area contributed by atoms with Gasteiger partial charge < -0.3 is 9.42 Å². The maximum Gasteiger partial charge on any atom is 0.335 e. The second kappa shape index (κ2) is 5.98. The van der Waals surface area contributed by atoms with E-state index in [0.29, 0.717) is 17.9 Å². The van der Waals surface area contributed by atoms with E-state index in [9.17, 15) is 14.3 Å². The van der Waals surface area contributed by atoms with Crippen molar-refractivity contribution in [1.82, 2.24) is 0 Å². The zero-order valence-corrected chi connectivity index (χ0v) is 13.0. The largest absolute Gasteiger partial charge is 0.335 e. The second-order valence-corrected chi connectivity index (χ2v) is 7.36. The summed E-state index contributed by atoms with van der Waals surface area (Å²) in [6.07, 6.45) is 1.93. The number of carbonyl (C=O) groups is 1. The third kappa shape index (κ3) is 3.15. The molecule has 1 aliphatic carbocycles. The highest BCUT2D eigenvalue weighted by Crippen LogP contribution is 2.50. The standard InChI is InChI=1S/C14H18ClO4P/c1-2-19-20(17,18)10-13(16)14(8-3-9-14)11-4-6-12(15)7-5-11/h4-7H,2-3,8-10H2,1H3,(H,17,18). The Morgan fingerprint density at radius 1 is 1.40 bits per heavy atom. The number of hydrogen-bond acceptors (Lipinski definition) is 3. The molecule has 0 aliphatic heterocycles. The van der Waals surface area contributed by atoms with Gasteiger partial charge in [0.25, 0.3) is 0 Å². The van der Waals surface area contributed by atoms with Gasteiger partial charge in [-0.05, 0) is 37.5 Å². The van der Waals surface area contributed by atoms with Crippen LogP contribution >= 0.6 is 19.2 Å². The molecule has 0 aromatic heterocycles. The van der Waals surface area contributed by atoms with Gasteiger partial charge in [-0.2, -0.15) is 0 Å². The Kier molecular flexibility index (Phi) is 4.70. The smallest absolute Gasteiger partial charge is 0.324 e. The van der Waals surface area contributed by atoms with E-state index < -0.39 is 19.2 Å². The lowest BCUT2D eigenvalue weighted by Gasteiger charge is -2.41. The van der Waals surface area contributed by atoms with Gasteiger partial charge in [-0.3, -0.25) is 9.36 Å². The summed E-state index contributed by atoms with van der Waals surface area (Å²) in [6.45, 7) is 1.75. The van der Waals surface area contributed by atoms with E-state index in [1.54, 1.807) is 19.1 Å². The van der Waals surface area contributed by atoms with Crippen LogP contribution in [-0.4, -0.2) is 23.4 Å². The summed E-state index contributed by atoms with van der Waals surface area (Å²) in [5.74, 6) is -0.217. The molecular weight excluding hydrogens is 299 g/mol. The third-order valence-electron chi connectivity index (χ3n) is 3.81. The zero-order valence-electron chi connectivity index (χ0n) is 11.3. The van der Waals surface area contributed by atoms with E-state index in [4.69, 9.17) is 16.1 Å². The van der Waals surface area contributed by atoms with Gasteiger partial charge >= 0.3 is 7.60 Å². The molecule has 0 bridgehead atoms. The lowest BCUT2D eigenvalue weighted by Crippen LogP contribution is -2.44. The van der Waals surface area contributed by atoms with E-state index in [2.05, 4.69) is 0 Å². The Morgan fingerprint density at radius 2 is 2.00 bits per heavy atom. The normalized spacial score (nSPS) is 19.9. The third-order valence-corrected chi connectivity index (χ3v) is 5.41. The molecule has 1 aliphatic rings. The van der Waals surface area contributed by atoms with Crippen LogP contribution in [0.4, 0.5) is 0 Å². The Morgan fingerprint density at radius 3 is 2.45 bits per heavy atom. The first kappa shape index (κ1) is 15.7. The molecule has 1 unspecified atom stereocenters. The maximum atomic E-state index is 12.5. The lowest BCUT2D eigenvalue weighted by molar-refractivity contribution is -0.125. The summed E-state index contributed by atoms with van der Waals surface area (Å²) in [5.41, 5.74) is 0.231. The molecule has 6 heteroatoms. The molecule has 110 valence electrons. The van der Waals surface area contributed by atoms with Crippen LogP contribution in [0.25, 0.3) is 0 Å². The van der Waals surface area contributed by atoms with E-state index in [-0.39, 0.29) is 12.4 Å². The lowest BCUT2D eigenvalue weighted by atomic mass is 9.62. The minimum Gasteiger partial charge on any atom is -0.324 e. The first-order valence-electron chi connectivity index (χ1n) is 6.65. The molecule has 0 radical (unpaired) electrons. The van der Waals surface area contributed by atoms with Crippen LogP contribution in [-0.2, 0) is 19.3 Å². The van der Waals surface area contributed by atoms with Crippen LogP contribution in [0.15, 0.2) is 24.3 Å². The summed E-state index contributed by atoms with van der Waals surface area (Å²) < 4.78 is 16.6. The maximum absolute atomic E-state index is 12.5. The van der Waals surface area contributed by atoms with Crippen molar-refractivity contribution in [3.05, 3.63) is 34.9 Å². The molecule has 0 amide bonds. The SMILES string of the molecule is CCOP(=O)(O)CC(=O)C1(c2ccc(Cl)cc2)CCC1. The van der Waals surface area contributed by atoms with Gasteiger partial charge in [0, 0.05) is 5.02 Å². The molecule has 2 rings (SSSR count). The van der Waals surface area contributed by atoms with Crippen molar-refractivity contribution in [3.63, 3.8) is 0 Å². The van der Waals surface area contributed by atoms with Crippen LogP contribution < -0.4 is 0 Å². The molecular formula is C14H18ClO4P. The Balaban J connectivity index is 2.21. The van der Waals surface area contributed by atoms with Crippen molar-refractivity contribution in [2.45, 2.75) is 31.6 Å². The highest BCUT2D eigenvalue weighted by Gasteiger charge is 2.47. The van der Waals surface area contributed by atoms with Crippen molar-refractivity contribution in [1.29, 1.82) is 0 Å². The van der Waals surface area contributed by atoms with Gasteiger partial charge in [0.2, 0.25) is 0 Å². The fourth-order valence-corrected chi connectivity index (χ4v) is 3.89. The van der Waals surface area contributed by atoms with Gasteiger partial charge in [0.05, 0.1) is 12.0 Å². The molecule has 1 aromatic carbocycles. The second-order valence-electron chi connectivity index (χ2n) is 5.08. The van der Waals surface area contributed by atoms with Crippen molar-refractivity contribution in [3.8, 4) is 0 Å². The summed E-state index contributed by atoms with van der Waals surface area (Å²) in [4.78, 5) is 22.1. The fraction of sp³-hybridized carbons (Fsp3) is 0.500. The van der Waals surface area contributed by atoms with Gasteiger partial charge in [0.15, 0.2) is 5.78 Å². The Hall–Kier alpha value is -0.670. The summed E-state index contributed by atoms with van der Waals surface area (Å²) in [7, 11) is -3.83. The summed E-state index contributed by atoms with van der Waals surface area (Å²) in [6, 6.07) is 7.13. The van der Waals surface area contributed by atoms with E-state index in [0.717, 1.165) is 12.0 Å². The Labute approximate surface area is 123 Å². The van der Waals surface area contributed by atoms with Gasteiger partial charge in [-0.15, -0.1) is 0 Å². The topological polar surface area (TPSA) is 63.6 Å². The van der Waals surface area contributed by atoms with E-state index >= 15 is 0 Å². The molecule has 1 fully saturated rings. The number of halogens is 1. The van der Waals surface area contributed by atoms with Crippen molar-refractivity contribution in [2.24, 2.45) is 0 Å². The van der Waals surface area contributed by atoms with E-state index in [1.165, 1.54) is 0 Å². The average Bonchev–Trinajstić information content (AvgIpc) is 2.29. The molecule has 0 saturated heterocycles. The van der Waals surface area contributed by atoms with Gasteiger partial charge in [-0.25, -0.2) is 0 Å². The molecule has 1 saturated carbocycles. The predicted molar refractivity (Wildman–Crippen MR) is 78.3 cm³/mol. The number of ketones is 1. The molecule has 20 heavy (non-hydrogen) atoms. The van der Waals surface area contributed by atoms with Crippen LogP contribution in [0.2, 0.25) is 5.02 Å². The number of carbonyl (C=O) groups excluding carboxylic acids is 1. The van der Waals surface area contributed by atoms with Gasteiger partial charge in [0.1, 0.15) is 6.16 Å². The number of hydrogen-bond donors (Lipinski definition) is 1. The molecule has 0 spiro atoms. The number of Topliss-reactive ketones (excluding diaryl/α,β-unsaturated/α-hetero) is 1. The summed E-state index contributed by atoms with van der Waals surface area (Å²) in [5, 5.41) is 0.609. The quantitative estimate of drug-likeness (QED) is 0.815. The molecule has 1 atom stereocenters. The van der Waals surface area contributed by atoms with Crippen LogP contribution in [0.3, 0.4) is 0 Å². The average molecular weight is 317 g/mol. The first-order chi connectivity index (χ1) is 9.39. The molecule has 0 heterocycles. The highest BCUT2D eigenvalue weighted by atomic mass is 35.5. The first-order valence-corrected chi connectivity index (χ1v) is 8.79. The number of rotatable bonds is 6. The minimum atomic E-state index is -3.83. The Bertz CT molecular complexity index is 537.